The fourth-order valence-electron chi connectivity index (χ4n) is 4.56. The normalized spacial score (nSPS) is 13.1. The van der Waals surface area contributed by atoms with E-state index in [1.165, 1.54) is 4.57 Å². The van der Waals surface area contributed by atoms with Crippen molar-refractivity contribution in [2.24, 2.45) is 0 Å². The number of para-hydroxylation sites is 2. The number of nitrogens with one attached hydrogen (secondary N) is 1. The number of hydrogen-bond acceptors (Lipinski definition) is 6. The van der Waals surface area contributed by atoms with Gasteiger partial charge >= 0.3 is 0 Å². The first-order valence-corrected chi connectivity index (χ1v) is 12.0. The zero-order chi connectivity index (χ0) is 26.5. The van der Waals surface area contributed by atoms with Crippen LogP contribution >= 0.6 is 0 Å². The number of aromatic nitrogens is 1. The van der Waals surface area contributed by atoms with Gasteiger partial charge in [-0.3, -0.25) is 14.4 Å². The van der Waals surface area contributed by atoms with Crippen LogP contribution in [0.2, 0.25) is 0 Å². The Bertz CT molecular complexity index is 1430. The highest BCUT2D eigenvalue weighted by Crippen LogP contribution is 2.28. The van der Waals surface area contributed by atoms with Crippen molar-refractivity contribution < 1.29 is 14.3 Å². The van der Waals surface area contributed by atoms with Gasteiger partial charge in [-0.25, -0.2) is 0 Å². The van der Waals surface area contributed by atoms with Gasteiger partial charge in [0.05, 0.1) is 12.8 Å². The minimum atomic E-state index is -0.494. The zero-order valence-corrected chi connectivity index (χ0v) is 21.2. The van der Waals surface area contributed by atoms with Crippen LogP contribution < -0.4 is 20.5 Å². The van der Waals surface area contributed by atoms with Crippen LogP contribution in [0.25, 0.3) is 0 Å². The van der Waals surface area contributed by atoms with E-state index in [0.29, 0.717) is 48.7 Å². The van der Waals surface area contributed by atoms with Crippen LogP contribution in [0.1, 0.15) is 27.2 Å². The van der Waals surface area contributed by atoms with E-state index in [1.54, 1.807) is 56.2 Å². The van der Waals surface area contributed by atoms with Crippen molar-refractivity contribution in [1.29, 1.82) is 5.26 Å². The number of carbonyl (C=O) groups is 2. The van der Waals surface area contributed by atoms with Gasteiger partial charge < -0.3 is 24.4 Å². The molecule has 0 spiro atoms. The third kappa shape index (κ3) is 5.48. The number of anilines is 2. The Balaban J connectivity index is 1.41. The highest BCUT2D eigenvalue weighted by Gasteiger charge is 2.24. The van der Waals surface area contributed by atoms with Crippen LogP contribution in [0.4, 0.5) is 11.4 Å². The summed E-state index contributed by atoms with van der Waals surface area (Å²) in [5.41, 5.74) is 2.64. The highest BCUT2D eigenvalue weighted by atomic mass is 16.5. The summed E-state index contributed by atoms with van der Waals surface area (Å²) < 4.78 is 6.74. The smallest absolute Gasteiger partial charge is 0.269 e. The van der Waals surface area contributed by atoms with Crippen LogP contribution in [0.15, 0.2) is 59.4 Å². The Labute approximate surface area is 215 Å². The molecular weight excluding hydrogens is 470 g/mol. The molecule has 2 aromatic carbocycles. The molecule has 2 heterocycles. The summed E-state index contributed by atoms with van der Waals surface area (Å²) in [6, 6.07) is 18.2. The van der Waals surface area contributed by atoms with Crippen molar-refractivity contribution in [3.8, 4) is 11.8 Å². The molecule has 4 rings (SSSR count). The molecule has 0 saturated carbocycles. The Kier molecular flexibility index (Phi) is 7.58. The van der Waals surface area contributed by atoms with E-state index in [4.69, 9.17) is 4.74 Å². The standard InChI is InChI=1S/C28H29N5O4/c1-19-15-20(2)33(28(36)23(19)17-29)18-26(34)30-22-8-6-7-21(16-22)27(35)32-13-11-31(12-14-32)24-9-4-5-10-25(24)37-3/h4-10,15-16H,11-14,18H2,1-3H3,(H,30,34). The number of aryl methyl sites for hydroxylation is 2. The van der Waals surface area contributed by atoms with E-state index in [1.807, 2.05) is 30.3 Å². The minimum Gasteiger partial charge on any atom is -0.495 e. The molecule has 37 heavy (non-hydrogen) atoms. The zero-order valence-electron chi connectivity index (χ0n) is 21.2. The van der Waals surface area contributed by atoms with Crippen LogP contribution in [-0.4, -0.2) is 54.6 Å². The fourth-order valence-corrected chi connectivity index (χ4v) is 4.56. The molecule has 2 amide bonds. The second-order valence-corrected chi connectivity index (χ2v) is 8.93. The van der Waals surface area contributed by atoms with Gasteiger partial charge in [0.25, 0.3) is 11.5 Å². The quantitative estimate of drug-likeness (QED) is 0.559. The van der Waals surface area contributed by atoms with Crippen LogP contribution in [0.5, 0.6) is 5.75 Å². The predicted molar refractivity (Wildman–Crippen MR) is 141 cm³/mol. The van der Waals surface area contributed by atoms with E-state index in [0.717, 1.165) is 11.4 Å². The molecule has 9 nitrogen and oxygen atoms in total. The van der Waals surface area contributed by atoms with Crippen molar-refractivity contribution >= 4 is 23.2 Å². The second kappa shape index (κ2) is 11.0. The molecule has 1 aliphatic rings. The topological polar surface area (TPSA) is 108 Å². The number of ether oxygens (including phenoxy) is 1. The molecule has 1 saturated heterocycles. The molecule has 0 aliphatic carbocycles. The minimum absolute atomic E-state index is 0.0248. The fraction of sp³-hybridized carbons (Fsp3) is 0.286. The highest BCUT2D eigenvalue weighted by molar-refractivity contribution is 5.97. The van der Waals surface area contributed by atoms with Gasteiger partial charge in [0.2, 0.25) is 5.91 Å². The molecule has 1 aliphatic heterocycles. The number of amides is 2. The van der Waals surface area contributed by atoms with E-state index in [-0.39, 0.29) is 18.0 Å². The number of piperazine rings is 1. The van der Waals surface area contributed by atoms with Crippen molar-refractivity contribution in [2.45, 2.75) is 20.4 Å². The lowest BCUT2D eigenvalue weighted by Gasteiger charge is -2.36. The maximum Gasteiger partial charge on any atom is 0.269 e. The van der Waals surface area contributed by atoms with E-state index in [9.17, 15) is 19.6 Å². The van der Waals surface area contributed by atoms with Crippen LogP contribution in [-0.2, 0) is 11.3 Å². The summed E-state index contributed by atoms with van der Waals surface area (Å²) in [6.45, 7) is 5.65. The first kappa shape index (κ1) is 25.5. The number of hydrogen-bond donors (Lipinski definition) is 1. The summed E-state index contributed by atoms with van der Waals surface area (Å²) in [4.78, 5) is 42.5. The maximum absolute atomic E-state index is 13.2. The number of benzene rings is 2. The Morgan fingerprint density at radius 3 is 2.46 bits per heavy atom. The summed E-state index contributed by atoms with van der Waals surface area (Å²) >= 11 is 0. The summed E-state index contributed by atoms with van der Waals surface area (Å²) in [6.07, 6.45) is 0. The summed E-state index contributed by atoms with van der Waals surface area (Å²) in [5, 5.41) is 12.0. The first-order valence-electron chi connectivity index (χ1n) is 12.0. The SMILES string of the molecule is COc1ccccc1N1CCN(C(=O)c2cccc(NC(=O)Cn3c(C)cc(C)c(C#N)c3=O)c2)CC1. The first-order chi connectivity index (χ1) is 17.8. The van der Waals surface area contributed by atoms with Gasteiger partial charge in [0.1, 0.15) is 23.9 Å². The number of nitrogens with zero attached hydrogens (tertiary/aromatic N) is 4. The van der Waals surface area contributed by atoms with Crippen molar-refractivity contribution in [2.75, 3.05) is 43.5 Å². The summed E-state index contributed by atoms with van der Waals surface area (Å²) in [7, 11) is 1.65. The van der Waals surface area contributed by atoms with Gasteiger partial charge in [0.15, 0.2) is 0 Å². The lowest BCUT2D eigenvalue weighted by Crippen LogP contribution is -2.48. The van der Waals surface area contributed by atoms with E-state index < -0.39 is 11.5 Å². The van der Waals surface area contributed by atoms with Gasteiger partial charge in [-0.15, -0.1) is 0 Å². The third-order valence-electron chi connectivity index (χ3n) is 6.50. The maximum atomic E-state index is 13.2. The molecule has 1 N–H and O–H groups in total. The molecule has 0 bridgehead atoms. The molecule has 3 aromatic rings. The van der Waals surface area contributed by atoms with Gasteiger partial charge in [0, 0.05) is 43.1 Å². The van der Waals surface area contributed by atoms with Crippen molar-refractivity contribution in [3.05, 3.63) is 87.3 Å². The van der Waals surface area contributed by atoms with E-state index >= 15 is 0 Å². The lowest BCUT2D eigenvalue weighted by molar-refractivity contribution is -0.116. The average molecular weight is 500 g/mol. The second-order valence-electron chi connectivity index (χ2n) is 8.93. The number of nitriles is 1. The third-order valence-corrected chi connectivity index (χ3v) is 6.50. The number of methoxy groups -OCH3 is 1. The number of carbonyl (C=O) groups excluding carboxylic acids is 2. The molecule has 0 atom stereocenters. The summed E-state index contributed by atoms with van der Waals surface area (Å²) in [5.74, 6) is 0.269. The number of rotatable bonds is 6. The monoisotopic (exact) mass is 499 g/mol. The van der Waals surface area contributed by atoms with E-state index in [2.05, 4.69) is 10.2 Å². The van der Waals surface area contributed by atoms with Gasteiger partial charge in [-0.2, -0.15) is 5.26 Å². The lowest BCUT2D eigenvalue weighted by atomic mass is 10.1. The van der Waals surface area contributed by atoms with Gasteiger partial charge in [-0.1, -0.05) is 18.2 Å². The molecule has 9 heteroatoms. The van der Waals surface area contributed by atoms with Crippen molar-refractivity contribution in [1.82, 2.24) is 9.47 Å². The Morgan fingerprint density at radius 1 is 1.03 bits per heavy atom. The van der Waals surface area contributed by atoms with Crippen molar-refractivity contribution in [3.63, 3.8) is 0 Å². The molecule has 0 radical (unpaired) electrons. The Hall–Kier alpha value is -4.58. The molecule has 190 valence electrons. The van der Waals surface area contributed by atoms with Crippen LogP contribution in [0, 0.1) is 25.2 Å². The molecular formula is C28H29N5O4. The Morgan fingerprint density at radius 2 is 1.76 bits per heavy atom. The average Bonchev–Trinajstić information content (AvgIpc) is 2.91. The molecule has 1 fully saturated rings. The molecule has 0 unspecified atom stereocenters. The van der Waals surface area contributed by atoms with Crippen LogP contribution in [0.3, 0.4) is 0 Å². The molecule has 1 aromatic heterocycles. The predicted octanol–water partition coefficient (Wildman–Crippen LogP) is 2.95. The number of pyridine rings is 1. The van der Waals surface area contributed by atoms with Gasteiger partial charge in [-0.05, 0) is 55.8 Å². The largest absolute Gasteiger partial charge is 0.495 e.